The lowest BCUT2D eigenvalue weighted by atomic mass is 10.2. The second-order valence-electron chi connectivity index (χ2n) is 4.63. The molecular weight excluding hydrogens is 266 g/mol. The van der Waals surface area contributed by atoms with E-state index < -0.39 is 0 Å². The number of oxime groups is 1. The highest BCUT2D eigenvalue weighted by atomic mass is 16.4. The highest BCUT2D eigenvalue weighted by Gasteiger charge is 2.08. The van der Waals surface area contributed by atoms with E-state index in [4.69, 9.17) is 10.9 Å². The van der Waals surface area contributed by atoms with Crippen LogP contribution in [0.15, 0.2) is 60.0 Å². The van der Waals surface area contributed by atoms with Gasteiger partial charge in [-0.2, -0.15) is 0 Å². The standard InChI is InChI=1S/C15H15N5O/c1-19(12-7-5-11(6-8-12)15(16)18-21)14-4-2-3-13-17-9-10-20(13)14/h2-10,21H,1H3,(H2,16,18). The molecule has 6 nitrogen and oxygen atoms in total. The molecule has 0 spiro atoms. The fourth-order valence-electron chi connectivity index (χ4n) is 2.25. The van der Waals surface area contributed by atoms with Crippen molar-refractivity contribution in [2.45, 2.75) is 0 Å². The zero-order valence-corrected chi connectivity index (χ0v) is 11.5. The summed E-state index contributed by atoms with van der Waals surface area (Å²) >= 11 is 0. The van der Waals surface area contributed by atoms with Gasteiger partial charge in [0.05, 0.1) is 0 Å². The molecule has 21 heavy (non-hydrogen) atoms. The molecule has 0 radical (unpaired) electrons. The molecule has 0 atom stereocenters. The van der Waals surface area contributed by atoms with Gasteiger partial charge in [-0.1, -0.05) is 11.2 Å². The van der Waals surface area contributed by atoms with Crippen LogP contribution in [0, 0.1) is 0 Å². The van der Waals surface area contributed by atoms with Gasteiger partial charge in [0, 0.05) is 30.7 Å². The average Bonchev–Trinajstić information content (AvgIpc) is 3.02. The third kappa shape index (κ3) is 2.27. The summed E-state index contributed by atoms with van der Waals surface area (Å²) in [5.41, 5.74) is 8.13. The number of imidazole rings is 1. The minimum absolute atomic E-state index is 0.0981. The molecule has 0 fully saturated rings. The summed E-state index contributed by atoms with van der Waals surface area (Å²) in [6.07, 6.45) is 3.69. The molecule has 0 amide bonds. The molecule has 0 aliphatic carbocycles. The number of rotatable bonds is 3. The summed E-state index contributed by atoms with van der Waals surface area (Å²) in [4.78, 5) is 6.33. The van der Waals surface area contributed by atoms with Gasteiger partial charge in [-0.3, -0.25) is 4.40 Å². The zero-order chi connectivity index (χ0) is 14.8. The molecule has 0 unspecified atom stereocenters. The highest BCUT2D eigenvalue weighted by molar-refractivity contribution is 5.97. The Morgan fingerprint density at radius 2 is 2.00 bits per heavy atom. The molecule has 6 heteroatoms. The van der Waals surface area contributed by atoms with Crippen LogP contribution in [0.1, 0.15) is 5.56 Å². The van der Waals surface area contributed by atoms with Crippen LogP contribution < -0.4 is 10.6 Å². The van der Waals surface area contributed by atoms with Crippen LogP contribution in [-0.4, -0.2) is 27.5 Å². The Kier molecular flexibility index (Phi) is 3.19. The van der Waals surface area contributed by atoms with Crippen molar-refractivity contribution in [2.75, 3.05) is 11.9 Å². The van der Waals surface area contributed by atoms with Crippen molar-refractivity contribution in [3.63, 3.8) is 0 Å². The first-order valence-corrected chi connectivity index (χ1v) is 6.44. The zero-order valence-electron chi connectivity index (χ0n) is 11.5. The summed E-state index contributed by atoms with van der Waals surface area (Å²) in [5, 5.41) is 11.7. The molecule has 2 heterocycles. The van der Waals surface area contributed by atoms with Crippen LogP contribution in [0.25, 0.3) is 5.65 Å². The Labute approximate surface area is 121 Å². The van der Waals surface area contributed by atoms with E-state index in [1.165, 1.54) is 0 Å². The topological polar surface area (TPSA) is 79.1 Å². The molecule has 0 aliphatic heterocycles. The van der Waals surface area contributed by atoms with Crippen LogP contribution >= 0.6 is 0 Å². The first kappa shape index (κ1) is 13.0. The van der Waals surface area contributed by atoms with Crippen molar-refractivity contribution in [3.8, 4) is 0 Å². The number of amidine groups is 1. The maximum Gasteiger partial charge on any atom is 0.170 e. The highest BCUT2D eigenvalue weighted by Crippen LogP contribution is 2.24. The molecular formula is C15H15N5O. The Balaban J connectivity index is 1.98. The number of nitrogens with zero attached hydrogens (tertiary/aromatic N) is 4. The monoisotopic (exact) mass is 281 g/mol. The van der Waals surface area contributed by atoms with Crippen molar-refractivity contribution >= 4 is 23.0 Å². The molecule has 1 aromatic carbocycles. The Hall–Kier alpha value is -3.02. The number of nitrogens with two attached hydrogens (primary N) is 1. The van der Waals surface area contributed by atoms with Crippen LogP contribution in [0.5, 0.6) is 0 Å². The predicted molar refractivity (Wildman–Crippen MR) is 82.2 cm³/mol. The molecule has 3 rings (SSSR count). The molecule has 3 N–H and O–H groups in total. The van der Waals surface area contributed by atoms with E-state index in [0.717, 1.165) is 17.2 Å². The van der Waals surface area contributed by atoms with Gasteiger partial charge in [0.25, 0.3) is 0 Å². The summed E-state index contributed by atoms with van der Waals surface area (Å²) < 4.78 is 2.01. The minimum Gasteiger partial charge on any atom is -0.409 e. The minimum atomic E-state index is 0.0981. The lowest BCUT2D eigenvalue weighted by Crippen LogP contribution is -2.15. The molecule has 2 aromatic heterocycles. The third-order valence-corrected chi connectivity index (χ3v) is 3.41. The molecule has 106 valence electrons. The van der Waals surface area contributed by atoms with E-state index in [2.05, 4.69) is 10.1 Å². The number of hydrogen-bond donors (Lipinski definition) is 2. The van der Waals surface area contributed by atoms with E-state index in [9.17, 15) is 0 Å². The second-order valence-corrected chi connectivity index (χ2v) is 4.63. The van der Waals surface area contributed by atoms with Gasteiger partial charge in [0.15, 0.2) is 5.84 Å². The fourth-order valence-corrected chi connectivity index (χ4v) is 2.25. The summed E-state index contributed by atoms with van der Waals surface area (Å²) in [7, 11) is 1.98. The number of hydrogen-bond acceptors (Lipinski definition) is 4. The van der Waals surface area contributed by atoms with Gasteiger partial charge < -0.3 is 15.8 Å². The summed E-state index contributed by atoms with van der Waals surface area (Å²) in [6, 6.07) is 13.4. The summed E-state index contributed by atoms with van der Waals surface area (Å²) in [6.45, 7) is 0. The summed E-state index contributed by atoms with van der Waals surface area (Å²) in [5.74, 6) is 1.10. The van der Waals surface area contributed by atoms with Gasteiger partial charge in [0.2, 0.25) is 0 Å². The average molecular weight is 281 g/mol. The van der Waals surface area contributed by atoms with Crippen molar-refractivity contribution < 1.29 is 5.21 Å². The Morgan fingerprint density at radius 1 is 1.24 bits per heavy atom. The molecule has 0 bridgehead atoms. The van der Waals surface area contributed by atoms with Crippen molar-refractivity contribution in [1.82, 2.24) is 9.38 Å². The lowest BCUT2D eigenvalue weighted by Gasteiger charge is -2.21. The first-order chi connectivity index (χ1) is 10.2. The molecule has 3 aromatic rings. The molecule has 0 saturated heterocycles. The number of fused-ring (bicyclic) bond motifs is 1. The first-order valence-electron chi connectivity index (χ1n) is 6.44. The normalized spacial score (nSPS) is 11.8. The van der Waals surface area contributed by atoms with Crippen molar-refractivity contribution in [3.05, 3.63) is 60.4 Å². The van der Waals surface area contributed by atoms with Crippen LogP contribution in [0.4, 0.5) is 11.5 Å². The molecule has 0 aliphatic rings. The van der Waals surface area contributed by atoms with Gasteiger partial charge in [-0.05, 0) is 36.4 Å². The van der Waals surface area contributed by atoms with E-state index in [0.29, 0.717) is 5.56 Å². The van der Waals surface area contributed by atoms with Crippen LogP contribution in [0.3, 0.4) is 0 Å². The van der Waals surface area contributed by atoms with Crippen LogP contribution in [0.2, 0.25) is 0 Å². The quantitative estimate of drug-likeness (QED) is 0.334. The maximum absolute atomic E-state index is 8.68. The number of anilines is 2. The number of benzene rings is 1. The van der Waals surface area contributed by atoms with E-state index in [1.807, 2.05) is 65.0 Å². The second kappa shape index (κ2) is 5.16. The maximum atomic E-state index is 8.68. The Morgan fingerprint density at radius 3 is 2.71 bits per heavy atom. The van der Waals surface area contributed by atoms with E-state index in [1.54, 1.807) is 6.20 Å². The largest absolute Gasteiger partial charge is 0.409 e. The van der Waals surface area contributed by atoms with Gasteiger partial charge in [-0.25, -0.2) is 4.98 Å². The van der Waals surface area contributed by atoms with Gasteiger partial charge >= 0.3 is 0 Å². The Bertz CT molecular complexity index is 791. The number of pyridine rings is 1. The fraction of sp³-hybridized carbons (Fsp3) is 0.0667. The van der Waals surface area contributed by atoms with Gasteiger partial charge in [-0.15, -0.1) is 0 Å². The third-order valence-electron chi connectivity index (χ3n) is 3.41. The van der Waals surface area contributed by atoms with Gasteiger partial charge in [0.1, 0.15) is 11.5 Å². The smallest absolute Gasteiger partial charge is 0.170 e. The van der Waals surface area contributed by atoms with E-state index in [-0.39, 0.29) is 5.84 Å². The predicted octanol–water partition coefficient (Wildman–Crippen LogP) is 2.20. The van der Waals surface area contributed by atoms with Crippen molar-refractivity contribution in [1.29, 1.82) is 0 Å². The lowest BCUT2D eigenvalue weighted by molar-refractivity contribution is 0.318. The molecule has 0 saturated carbocycles. The van der Waals surface area contributed by atoms with E-state index >= 15 is 0 Å². The SMILES string of the molecule is CN(c1ccc(/C(N)=N/O)cc1)c1cccc2nccn12. The van der Waals surface area contributed by atoms with Crippen LogP contribution in [-0.2, 0) is 0 Å². The number of aromatic nitrogens is 2. The van der Waals surface area contributed by atoms with Crippen molar-refractivity contribution in [2.24, 2.45) is 10.9 Å².